The van der Waals surface area contributed by atoms with E-state index in [0.717, 1.165) is 196 Å². The summed E-state index contributed by atoms with van der Waals surface area (Å²) in [5.41, 5.74) is 16.0. The van der Waals surface area contributed by atoms with Crippen molar-refractivity contribution in [3.8, 4) is 0 Å². The molecule has 0 aliphatic carbocycles. The fraction of sp³-hybridized carbons (Fsp3) is 0.217. The third-order valence-electron chi connectivity index (χ3n) is 26.8. The number of anilines is 5. The van der Waals surface area contributed by atoms with Crippen LogP contribution in [-0.2, 0) is 32.7 Å². The summed E-state index contributed by atoms with van der Waals surface area (Å²) in [7, 11) is 0. The normalized spacial score (nSPS) is 17.4. The largest absolute Gasteiger partial charge is 0.361 e. The summed E-state index contributed by atoms with van der Waals surface area (Å²) < 4.78 is 0. The third kappa shape index (κ3) is 31.3. The second-order valence-corrected chi connectivity index (χ2v) is 47.1. The highest BCUT2D eigenvalue weighted by molar-refractivity contribution is 6.44. The second kappa shape index (κ2) is 55.2. The number of hydrogen-bond donors (Lipinski definition) is 0. The van der Waals surface area contributed by atoms with Gasteiger partial charge in [0.25, 0.3) is 0 Å². The minimum Gasteiger partial charge on any atom is -0.361 e. The zero-order valence-electron chi connectivity index (χ0n) is 79.8. The van der Waals surface area contributed by atoms with Crippen LogP contribution < -0.4 is 24.5 Å². The molecule has 0 spiro atoms. The van der Waals surface area contributed by atoms with Gasteiger partial charge in [0.1, 0.15) is 0 Å². The Bertz CT molecular complexity index is 7010. The van der Waals surface area contributed by atoms with Crippen LogP contribution in [0, 0.1) is 0 Å². The average Bonchev–Trinajstić information content (AvgIpc) is 0.796. The van der Waals surface area contributed by atoms with Crippen molar-refractivity contribution < 1.29 is 0 Å². The van der Waals surface area contributed by atoms with E-state index in [0.29, 0.717) is 117 Å². The molecule has 0 radical (unpaired) electrons. The van der Waals surface area contributed by atoms with Gasteiger partial charge in [0.15, 0.2) is 0 Å². The van der Waals surface area contributed by atoms with E-state index in [4.69, 9.17) is 290 Å². The lowest BCUT2D eigenvalue weighted by atomic mass is 10.0. The first-order valence-electron chi connectivity index (χ1n) is 47.7. The quantitative estimate of drug-likeness (QED) is 0.0736. The molecule has 0 N–H and O–H groups in total. The van der Waals surface area contributed by atoms with E-state index in [-0.39, 0.29) is 30.2 Å². The van der Waals surface area contributed by atoms with Crippen LogP contribution in [0.25, 0.3) is 0 Å². The van der Waals surface area contributed by atoms with E-state index >= 15 is 0 Å². The van der Waals surface area contributed by atoms with Crippen LogP contribution in [0.4, 0.5) is 28.4 Å². The molecule has 780 valence electrons. The van der Waals surface area contributed by atoms with Crippen molar-refractivity contribution in [2.75, 3.05) is 123 Å². The Morgan fingerprint density at radius 1 is 0.167 bits per heavy atom. The van der Waals surface area contributed by atoms with Gasteiger partial charge in [-0.3, -0.25) is 24.5 Å². The number of rotatable bonds is 20. The second-order valence-electron chi connectivity index (χ2n) is 36.6. The van der Waals surface area contributed by atoms with Gasteiger partial charge in [0.2, 0.25) is 0 Å². The molecule has 10 nitrogen and oxygen atoms in total. The predicted octanol–water partition coefficient (Wildman–Crippen LogP) is 40.1. The van der Waals surface area contributed by atoms with E-state index in [9.17, 15) is 0 Å². The highest BCUT2D eigenvalue weighted by Crippen LogP contribution is 2.47. The number of halogens is 25. The molecular weight excluding hydrogens is 2410 g/mol. The van der Waals surface area contributed by atoms with Crippen LogP contribution in [0.2, 0.25) is 126 Å². The monoisotopic (exact) mass is 2490 g/mol. The molecule has 5 heterocycles. The fourth-order valence-corrected chi connectivity index (χ4v) is 24.6. The lowest BCUT2D eigenvalue weighted by Gasteiger charge is -2.43. The Labute approximate surface area is 1000 Å². The fourth-order valence-electron chi connectivity index (χ4n) is 19.3. The summed E-state index contributed by atoms with van der Waals surface area (Å²) >= 11 is 157. The molecule has 20 rings (SSSR count). The molecule has 5 unspecified atom stereocenters. The van der Waals surface area contributed by atoms with Gasteiger partial charge < -0.3 is 24.5 Å². The Morgan fingerprint density at radius 2 is 0.420 bits per heavy atom. The smallest absolute Gasteiger partial charge is 0.0670 e. The summed E-state index contributed by atoms with van der Waals surface area (Å²) in [5, 5.41) is 16.4. The van der Waals surface area contributed by atoms with Crippen LogP contribution in [0.3, 0.4) is 0 Å². The first kappa shape index (κ1) is 117. The van der Waals surface area contributed by atoms with Gasteiger partial charge in [-0.15, -0.1) is 0 Å². The summed E-state index contributed by atoms with van der Waals surface area (Å²) in [6.07, 6.45) is 0. The van der Waals surface area contributed by atoms with E-state index < -0.39 is 0 Å². The molecule has 5 saturated heterocycles. The van der Waals surface area contributed by atoms with Gasteiger partial charge in [0, 0.05) is 217 Å². The SMILES string of the molecule is Clc1ccc(C2CN(Cc3c(Cl)cccc3Cl)CCN2c2ccc(Cl)cc2Cl)cc1.Clc1ccc(C2CN(Cc3cc(Cl)ccc3Cl)CCN2c2ccc(Cl)cc2Cl)cc1.Clc1ccc(C2CN(Cc3ccc(Cl)c(Cl)c3)CCN2c2ccc(Cl)cc2Cl)cc1.Clc1ccc(C2CN(Cc3ccc(Cl)cc3Cl)CCN2c2ccc(Cl)cc2Cl)cc1.Clc1ccc(C2CN(Cc3cccc(Cl)c3Cl)CCN2c2ccc(Cl)cc2Cl)cc1. The Hall–Kier alpha value is -5.65. The molecule has 35 heteroatoms. The maximum absolute atomic E-state index is 6.55. The van der Waals surface area contributed by atoms with E-state index in [1.54, 1.807) is 36.4 Å². The molecule has 0 aromatic heterocycles. The van der Waals surface area contributed by atoms with Gasteiger partial charge in [0.05, 0.1) is 104 Å². The number of benzene rings is 15. The van der Waals surface area contributed by atoms with Gasteiger partial charge in [-0.05, 0) is 262 Å². The molecule has 0 amide bonds. The molecule has 5 aliphatic rings. The first-order chi connectivity index (χ1) is 72.0. The first-order valence-corrected chi connectivity index (χ1v) is 57.2. The Balaban J connectivity index is 0.000000133. The predicted molar refractivity (Wildman–Crippen MR) is 649 cm³/mol. The topological polar surface area (TPSA) is 32.4 Å². The van der Waals surface area contributed by atoms with Gasteiger partial charge in [-0.25, -0.2) is 0 Å². The van der Waals surface area contributed by atoms with Crippen LogP contribution in [0.1, 0.15) is 85.8 Å². The van der Waals surface area contributed by atoms with Gasteiger partial charge >= 0.3 is 0 Å². The van der Waals surface area contributed by atoms with Crippen LogP contribution >= 0.6 is 290 Å². The van der Waals surface area contributed by atoms with Gasteiger partial charge in [-0.1, -0.05) is 381 Å². The van der Waals surface area contributed by atoms with Crippen molar-refractivity contribution in [3.63, 3.8) is 0 Å². The van der Waals surface area contributed by atoms with Crippen LogP contribution in [-0.4, -0.2) is 123 Å². The lowest BCUT2D eigenvalue weighted by Crippen LogP contribution is -2.48. The summed E-state index contributed by atoms with van der Waals surface area (Å²) in [6, 6.07) is 97.1. The van der Waals surface area contributed by atoms with E-state index in [2.05, 4.69) is 110 Å². The Kier molecular flexibility index (Phi) is 43.0. The minimum atomic E-state index is 0.0935. The molecule has 0 saturated carbocycles. The molecule has 15 aromatic rings. The number of piperazine rings is 5. The lowest BCUT2D eigenvalue weighted by molar-refractivity contribution is 0.215. The van der Waals surface area contributed by atoms with E-state index in [1.165, 1.54) is 27.8 Å². The molecule has 5 aliphatic heterocycles. The maximum atomic E-state index is 6.55. The van der Waals surface area contributed by atoms with Crippen molar-refractivity contribution in [1.29, 1.82) is 0 Å². The van der Waals surface area contributed by atoms with Crippen molar-refractivity contribution in [3.05, 3.63) is 485 Å². The summed E-state index contributed by atoms with van der Waals surface area (Å²) in [5.74, 6) is 0. The minimum absolute atomic E-state index is 0.0935. The molecule has 5 fully saturated rings. The molecule has 150 heavy (non-hydrogen) atoms. The molecule has 15 aromatic carbocycles. The van der Waals surface area contributed by atoms with E-state index in [1.807, 2.05) is 206 Å². The van der Waals surface area contributed by atoms with Crippen LogP contribution in [0.5, 0.6) is 0 Å². The van der Waals surface area contributed by atoms with Crippen molar-refractivity contribution >= 4 is 318 Å². The number of hydrogen-bond acceptors (Lipinski definition) is 10. The Morgan fingerprint density at radius 3 is 0.733 bits per heavy atom. The average molecular weight is 2500 g/mol. The van der Waals surface area contributed by atoms with Gasteiger partial charge in [-0.2, -0.15) is 0 Å². The molecule has 5 atom stereocenters. The highest BCUT2D eigenvalue weighted by atomic mass is 35.5. The zero-order valence-corrected chi connectivity index (χ0v) is 98.7. The molecular formula is C115H95Cl25N10. The number of nitrogens with zero attached hydrogens (tertiary/aromatic N) is 10. The van der Waals surface area contributed by atoms with Crippen LogP contribution in [0.15, 0.2) is 303 Å². The van der Waals surface area contributed by atoms with Crippen molar-refractivity contribution in [2.24, 2.45) is 0 Å². The standard InChI is InChI=1S/5C23H19Cl5N2/c24-17-4-2-16(3-5-17)23-14-29(13-15-1-7-19(26)20(27)11-15)9-10-30(23)22-8-6-18(25)12-21(22)28;24-17-4-1-15(2-5-17)23-14-29(13-16-3-6-18(25)11-20(16)27)9-10-30(23)22-8-7-19(26)12-21(22)28;24-17-3-1-15(2-4-17)23-14-29(13-16-11-18(25)5-7-20(16)27)9-10-30(23)22-8-6-19(26)12-21(22)28;24-16-6-4-15(5-7-16)23-14-29(13-18-19(26)2-1-3-20(18)27)10-11-30(23)22-9-8-17(25)12-21(22)28;24-17-6-4-15(5-7-17)22-14-29(13-16-2-1-3-19(26)23(16)28)10-11-30(22)21-9-8-18(25)12-20(21)27/h3*1-8,11-12,23H,9-10,13-14H2;1-9,12,23H,10-11,13-14H2;1-9,12,22H,10-11,13-14H2. The van der Waals surface area contributed by atoms with Crippen molar-refractivity contribution in [1.82, 2.24) is 24.5 Å². The van der Waals surface area contributed by atoms with Crippen molar-refractivity contribution in [2.45, 2.75) is 62.9 Å². The third-order valence-corrected chi connectivity index (χ3v) is 34.2. The highest BCUT2D eigenvalue weighted by Gasteiger charge is 2.38. The summed E-state index contributed by atoms with van der Waals surface area (Å²) in [6.45, 7) is 16.2. The maximum Gasteiger partial charge on any atom is 0.0670 e. The zero-order chi connectivity index (χ0) is 106. The summed E-state index contributed by atoms with van der Waals surface area (Å²) in [4.78, 5) is 23.6. The molecule has 0 bridgehead atoms.